The highest BCUT2D eigenvalue weighted by Gasteiger charge is 2.16. The average molecular weight is 263 g/mol. The summed E-state index contributed by atoms with van der Waals surface area (Å²) >= 11 is 0. The molecule has 4 nitrogen and oxygen atoms in total. The first kappa shape index (κ1) is 14.0. The van der Waals surface area contributed by atoms with Gasteiger partial charge >= 0.3 is 0 Å². The Labute approximate surface area is 116 Å². The Hall–Kier alpha value is -1.42. The predicted octanol–water partition coefficient (Wildman–Crippen LogP) is 2.49. The first-order chi connectivity index (χ1) is 9.22. The number of hydrogen-bond acceptors (Lipinski definition) is 4. The molecular formula is C15H25N3O. The minimum Gasteiger partial charge on any atom is -0.495 e. The molecule has 0 spiro atoms. The summed E-state index contributed by atoms with van der Waals surface area (Å²) in [4.78, 5) is 2.40. The molecule has 0 unspecified atom stereocenters. The van der Waals surface area contributed by atoms with Gasteiger partial charge < -0.3 is 20.3 Å². The molecule has 0 saturated carbocycles. The fourth-order valence-corrected chi connectivity index (χ4v) is 2.54. The maximum atomic E-state index is 5.37. The van der Waals surface area contributed by atoms with E-state index in [1.165, 1.54) is 25.9 Å². The Morgan fingerprint density at radius 1 is 1.32 bits per heavy atom. The standard InChI is InChI=1S/C15H25N3O/c1-16-14-5-4-13(10-15(14)19-3)17-11-12-6-8-18(2)9-7-12/h4-5,10,12,16-17H,6-9,11H2,1-3H3. The zero-order chi connectivity index (χ0) is 13.7. The molecule has 1 aliphatic rings. The Balaban J connectivity index is 1.89. The van der Waals surface area contributed by atoms with Gasteiger partial charge in [0.1, 0.15) is 5.75 Å². The van der Waals surface area contributed by atoms with E-state index in [1.54, 1.807) is 7.11 Å². The van der Waals surface area contributed by atoms with Crippen LogP contribution in [0.25, 0.3) is 0 Å². The fourth-order valence-electron chi connectivity index (χ4n) is 2.54. The summed E-state index contributed by atoms with van der Waals surface area (Å²) in [6.45, 7) is 3.48. The summed E-state index contributed by atoms with van der Waals surface area (Å²) in [7, 11) is 5.81. The van der Waals surface area contributed by atoms with Crippen molar-refractivity contribution in [2.24, 2.45) is 5.92 Å². The quantitative estimate of drug-likeness (QED) is 0.856. The molecule has 1 aromatic rings. The van der Waals surface area contributed by atoms with Crippen LogP contribution in [-0.2, 0) is 0 Å². The van der Waals surface area contributed by atoms with Gasteiger partial charge in [0.25, 0.3) is 0 Å². The zero-order valence-electron chi connectivity index (χ0n) is 12.2. The van der Waals surface area contributed by atoms with E-state index in [-0.39, 0.29) is 0 Å². The van der Waals surface area contributed by atoms with E-state index in [0.717, 1.165) is 29.6 Å². The van der Waals surface area contributed by atoms with Crippen LogP contribution in [0.5, 0.6) is 5.75 Å². The number of benzene rings is 1. The van der Waals surface area contributed by atoms with Crippen LogP contribution in [0.3, 0.4) is 0 Å². The lowest BCUT2D eigenvalue weighted by Crippen LogP contribution is -2.32. The van der Waals surface area contributed by atoms with Crippen LogP contribution in [0.15, 0.2) is 18.2 Å². The van der Waals surface area contributed by atoms with E-state index >= 15 is 0 Å². The van der Waals surface area contributed by atoms with Gasteiger partial charge in [0.2, 0.25) is 0 Å². The summed E-state index contributed by atoms with van der Waals surface area (Å²) in [5.41, 5.74) is 2.15. The molecule has 106 valence electrons. The van der Waals surface area contributed by atoms with Crippen molar-refractivity contribution in [3.8, 4) is 5.75 Å². The second-order valence-electron chi connectivity index (χ2n) is 5.29. The molecule has 0 aromatic heterocycles. The monoisotopic (exact) mass is 263 g/mol. The molecule has 0 atom stereocenters. The molecule has 2 rings (SSSR count). The SMILES string of the molecule is CNc1ccc(NCC2CCN(C)CC2)cc1OC. The molecular weight excluding hydrogens is 238 g/mol. The van der Waals surface area contributed by atoms with Gasteiger partial charge in [-0.05, 0) is 51.0 Å². The van der Waals surface area contributed by atoms with Gasteiger partial charge in [-0.3, -0.25) is 0 Å². The van der Waals surface area contributed by atoms with Crippen molar-refractivity contribution in [1.29, 1.82) is 0 Å². The molecule has 2 N–H and O–H groups in total. The number of likely N-dealkylation sites (tertiary alicyclic amines) is 1. The molecule has 0 radical (unpaired) electrons. The molecule has 4 heteroatoms. The largest absolute Gasteiger partial charge is 0.495 e. The smallest absolute Gasteiger partial charge is 0.143 e. The van der Waals surface area contributed by atoms with Crippen molar-refractivity contribution in [3.05, 3.63) is 18.2 Å². The Kier molecular flexibility index (Phi) is 4.91. The molecule has 1 fully saturated rings. The van der Waals surface area contributed by atoms with E-state index in [4.69, 9.17) is 4.74 Å². The Morgan fingerprint density at radius 2 is 2.05 bits per heavy atom. The third-order valence-electron chi connectivity index (χ3n) is 3.90. The van der Waals surface area contributed by atoms with Crippen LogP contribution in [0, 0.1) is 5.92 Å². The van der Waals surface area contributed by atoms with Crippen molar-refractivity contribution in [1.82, 2.24) is 4.90 Å². The zero-order valence-corrected chi connectivity index (χ0v) is 12.2. The average Bonchev–Trinajstić information content (AvgIpc) is 2.46. The summed E-state index contributed by atoms with van der Waals surface area (Å²) < 4.78 is 5.37. The van der Waals surface area contributed by atoms with Crippen molar-refractivity contribution in [2.45, 2.75) is 12.8 Å². The topological polar surface area (TPSA) is 36.5 Å². The first-order valence-corrected chi connectivity index (χ1v) is 7.01. The highest BCUT2D eigenvalue weighted by atomic mass is 16.5. The Bertz CT molecular complexity index is 400. The van der Waals surface area contributed by atoms with Crippen LogP contribution < -0.4 is 15.4 Å². The molecule has 0 bridgehead atoms. The number of nitrogens with zero attached hydrogens (tertiary/aromatic N) is 1. The number of nitrogens with one attached hydrogen (secondary N) is 2. The van der Waals surface area contributed by atoms with Crippen LogP contribution >= 0.6 is 0 Å². The normalized spacial score (nSPS) is 17.2. The maximum absolute atomic E-state index is 5.37. The van der Waals surface area contributed by atoms with Crippen molar-refractivity contribution < 1.29 is 4.74 Å². The minimum absolute atomic E-state index is 0.783. The highest BCUT2D eigenvalue weighted by molar-refractivity contribution is 5.63. The molecule has 19 heavy (non-hydrogen) atoms. The number of anilines is 2. The van der Waals surface area contributed by atoms with E-state index in [9.17, 15) is 0 Å². The highest BCUT2D eigenvalue weighted by Crippen LogP contribution is 2.28. The number of rotatable bonds is 5. The first-order valence-electron chi connectivity index (χ1n) is 7.01. The van der Waals surface area contributed by atoms with Crippen LogP contribution in [0.2, 0.25) is 0 Å². The lowest BCUT2D eigenvalue weighted by molar-refractivity contribution is 0.226. The van der Waals surface area contributed by atoms with Gasteiger partial charge in [-0.1, -0.05) is 0 Å². The van der Waals surface area contributed by atoms with Crippen LogP contribution in [0.1, 0.15) is 12.8 Å². The fraction of sp³-hybridized carbons (Fsp3) is 0.600. The van der Waals surface area contributed by atoms with Gasteiger partial charge in [-0.2, -0.15) is 0 Å². The minimum atomic E-state index is 0.783. The second kappa shape index (κ2) is 6.66. The summed E-state index contributed by atoms with van der Waals surface area (Å²) in [5, 5.41) is 6.65. The third kappa shape index (κ3) is 3.77. The molecule has 1 saturated heterocycles. The van der Waals surface area contributed by atoms with E-state index in [1.807, 2.05) is 7.05 Å². The lowest BCUT2D eigenvalue weighted by Gasteiger charge is -2.29. The summed E-state index contributed by atoms with van der Waals surface area (Å²) in [6.07, 6.45) is 2.57. The predicted molar refractivity (Wildman–Crippen MR) is 81.3 cm³/mol. The van der Waals surface area contributed by atoms with Crippen molar-refractivity contribution in [2.75, 3.05) is 51.5 Å². The van der Waals surface area contributed by atoms with Crippen LogP contribution in [0.4, 0.5) is 11.4 Å². The summed E-state index contributed by atoms with van der Waals surface area (Å²) in [5.74, 6) is 1.67. The summed E-state index contributed by atoms with van der Waals surface area (Å²) in [6, 6.07) is 6.21. The van der Waals surface area contributed by atoms with Gasteiger partial charge in [0, 0.05) is 25.3 Å². The van der Waals surface area contributed by atoms with E-state index in [0.29, 0.717) is 0 Å². The Morgan fingerprint density at radius 3 is 2.68 bits per heavy atom. The van der Waals surface area contributed by atoms with Gasteiger partial charge in [0.15, 0.2) is 0 Å². The van der Waals surface area contributed by atoms with Crippen molar-refractivity contribution >= 4 is 11.4 Å². The number of hydrogen-bond donors (Lipinski definition) is 2. The molecule has 1 aromatic carbocycles. The van der Waals surface area contributed by atoms with Gasteiger partial charge in [-0.25, -0.2) is 0 Å². The second-order valence-corrected chi connectivity index (χ2v) is 5.29. The molecule has 0 amide bonds. The number of methoxy groups -OCH3 is 1. The van der Waals surface area contributed by atoms with Gasteiger partial charge in [0.05, 0.1) is 12.8 Å². The third-order valence-corrected chi connectivity index (χ3v) is 3.90. The van der Waals surface area contributed by atoms with Crippen molar-refractivity contribution in [3.63, 3.8) is 0 Å². The molecule has 0 aliphatic carbocycles. The number of piperidine rings is 1. The molecule has 1 aliphatic heterocycles. The lowest BCUT2D eigenvalue weighted by atomic mass is 9.97. The van der Waals surface area contributed by atoms with E-state index < -0.39 is 0 Å². The molecule has 1 heterocycles. The van der Waals surface area contributed by atoms with E-state index in [2.05, 4.69) is 40.8 Å². The van der Waals surface area contributed by atoms with Gasteiger partial charge in [-0.15, -0.1) is 0 Å². The number of ether oxygens (including phenoxy) is 1. The maximum Gasteiger partial charge on any atom is 0.143 e. The van der Waals surface area contributed by atoms with Crippen LogP contribution in [-0.4, -0.2) is 45.7 Å².